The number of alkyl halides is 10. The Bertz CT molecular complexity index is 1620. The summed E-state index contributed by atoms with van der Waals surface area (Å²) < 4.78 is 153. The number of nitrogens with zero attached hydrogens (tertiary/aromatic N) is 1. The number of carbonyl (C=O) groups is 2. The maximum absolute atomic E-state index is 15.9. The molecule has 0 spiro atoms. The van der Waals surface area contributed by atoms with Gasteiger partial charge >= 0.3 is 24.4 Å². The summed E-state index contributed by atoms with van der Waals surface area (Å²) in [6, 6.07) is 8.49. The summed E-state index contributed by atoms with van der Waals surface area (Å²) in [5.41, 5.74) is -10.8. The van der Waals surface area contributed by atoms with Gasteiger partial charge in [0, 0.05) is 26.6 Å². The third-order valence-corrected chi connectivity index (χ3v) is 7.84. The fourth-order valence-electron chi connectivity index (χ4n) is 4.28. The highest BCUT2D eigenvalue weighted by Gasteiger charge is 2.73. The van der Waals surface area contributed by atoms with Crippen LogP contribution in [-0.2, 0) is 5.67 Å². The summed E-state index contributed by atoms with van der Waals surface area (Å²) >= 11 is 5.68. The summed E-state index contributed by atoms with van der Waals surface area (Å²) in [6.07, 6.45) is -17.7. The zero-order chi connectivity index (χ0) is 34.4. The first-order valence-electron chi connectivity index (χ1n) is 12.7. The van der Waals surface area contributed by atoms with Gasteiger partial charge in [-0.2, -0.15) is 26.3 Å². The molecule has 2 amide bonds. The first-order valence-corrected chi connectivity index (χ1v) is 14.3. The molecule has 1 aliphatic carbocycles. The van der Waals surface area contributed by atoms with Crippen LogP contribution in [0.15, 0.2) is 63.5 Å². The summed E-state index contributed by atoms with van der Waals surface area (Å²) in [7, 11) is 0. The molecule has 0 aliphatic heterocycles. The van der Waals surface area contributed by atoms with Crippen molar-refractivity contribution in [2.75, 3.05) is 16.8 Å². The second-order valence-electron chi connectivity index (χ2n) is 9.99. The van der Waals surface area contributed by atoms with Crippen molar-refractivity contribution in [1.29, 1.82) is 0 Å². The fraction of sp³-hybridized carbons (Fsp3) is 0.286. The second-order valence-corrected chi connectivity index (χ2v) is 11.8. The molecule has 0 radical (unpaired) electrons. The fourth-order valence-corrected chi connectivity index (χ4v) is 5.08. The molecule has 4 rings (SSSR count). The SMILES string of the molecule is O=C(Nc1c(Br)cc(C(F)(C(F)(F)F)C(F)(F)F)cc1OC(F)(F)F)c1cccc(N(CC2CC2)C(=O)c2ccc(Br)cc2)c1F. The minimum Gasteiger partial charge on any atom is -0.404 e. The van der Waals surface area contributed by atoms with Crippen molar-refractivity contribution >= 4 is 55.0 Å². The first-order chi connectivity index (χ1) is 21.1. The predicted molar refractivity (Wildman–Crippen MR) is 149 cm³/mol. The van der Waals surface area contributed by atoms with Gasteiger partial charge in [0.15, 0.2) is 11.6 Å². The predicted octanol–water partition coefficient (Wildman–Crippen LogP) is 9.85. The van der Waals surface area contributed by atoms with E-state index < -0.39 is 80.8 Å². The summed E-state index contributed by atoms with van der Waals surface area (Å²) in [6.45, 7) is 0.0386. The van der Waals surface area contributed by atoms with E-state index in [9.17, 15) is 53.5 Å². The molecule has 0 atom stereocenters. The number of carbonyl (C=O) groups excluding carboxylic acids is 2. The van der Waals surface area contributed by atoms with Crippen molar-refractivity contribution in [3.05, 3.63) is 86.1 Å². The lowest BCUT2D eigenvalue weighted by atomic mass is 9.93. The molecule has 1 aliphatic rings. The second kappa shape index (κ2) is 12.7. The Morgan fingerprint density at radius 3 is 1.98 bits per heavy atom. The Hall–Kier alpha value is -3.41. The van der Waals surface area contributed by atoms with Gasteiger partial charge in [-0.25, -0.2) is 8.78 Å². The highest BCUT2D eigenvalue weighted by Crippen LogP contribution is 2.55. The molecule has 1 fully saturated rings. The maximum Gasteiger partial charge on any atom is 0.573 e. The molecule has 5 nitrogen and oxygen atoms in total. The number of hydrogen-bond donors (Lipinski definition) is 1. The van der Waals surface area contributed by atoms with Crippen molar-refractivity contribution < 1.29 is 62.6 Å². The van der Waals surface area contributed by atoms with E-state index in [2.05, 4.69) is 36.6 Å². The van der Waals surface area contributed by atoms with Gasteiger partial charge in [0.2, 0.25) is 0 Å². The van der Waals surface area contributed by atoms with Crippen LogP contribution >= 0.6 is 31.9 Å². The molecule has 3 aromatic rings. The third-order valence-electron chi connectivity index (χ3n) is 6.69. The largest absolute Gasteiger partial charge is 0.573 e. The van der Waals surface area contributed by atoms with Crippen LogP contribution in [-0.4, -0.2) is 37.1 Å². The van der Waals surface area contributed by atoms with Gasteiger partial charge in [0.1, 0.15) is 0 Å². The number of anilines is 2. The zero-order valence-electron chi connectivity index (χ0n) is 22.5. The van der Waals surface area contributed by atoms with Crippen molar-refractivity contribution in [2.45, 2.75) is 37.2 Å². The number of rotatable bonds is 8. The Morgan fingerprint density at radius 2 is 1.46 bits per heavy atom. The average Bonchev–Trinajstić information content (AvgIpc) is 3.75. The Morgan fingerprint density at radius 1 is 0.870 bits per heavy atom. The molecule has 0 aromatic heterocycles. The maximum atomic E-state index is 15.9. The molecule has 0 unspecified atom stereocenters. The van der Waals surface area contributed by atoms with Crippen LogP contribution in [0.4, 0.5) is 59.7 Å². The molecule has 0 saturated heterocycles. The Kier molecular flexibility index (Phi) is 9.75. The standard InChI is InChI=1S/C28H17Br2F11N2O3/c29-16-8-6-14(7-9-16)24(45)43(12-13-4-5-13)19-3-1-2-17(21(19)31)23(44)42-22-18(30)10-15(11-20(22)46-28(39,40)41)25(32,26(33,34)35)27(36,37)38/h1-3,6-11,13H,4-5,12H2,(H,42,44). The van der Waals surface area contributed by atoms with Crippen LogP contribution in [0, 0.1) is 11.7 Å². The number of nitrogens with one attached hydrogen (secondary N) is 1. The lowest BCUT2D eigenvalue weighted by Gasteiger charge is -2.31. The molecule has 1 N–H and O–H groups in total. The molecule has 248 valence electrons. The van der Waals surface area contributed by atoms with Crippen molar-refractivity contribution in [2.24, 2.45) is 5.92 Å². The van der Waals surface area contributed by atoms with E-state index >= 15 is 4.39 Å². The summed E-state index contributed by atoms with van der Waals surface area (Å²) in [5, 5.41) is 1.76. The highest BCUT2D eigenvalue weighted by atomic mass is 79.9. The van der Waals surface area contributed by atoms with Crippen molar-refractivity contribution in [3.8, 4) is 5.75 Å². The lowest BCUT2D eigenvalue weighted by molar-refractivity contribution is -0.348. The van der Waals surface area contributed by atoms with Gasteiger partial charge in [-0.3, -0.25) is 9.59 Å². The van der Waals surface area contributed by atoms with Crippen molar-refractivity contribution in [3.63, 3.8) is 0 Å². The molecule has 46 heavy (non-hydrogen) atoms. The minimum atomic E-state index is -6.69. The Labute approximate surface area is 268 Å². The molecule has 0 heterocycles. The number of halogens is 13. The van der Waals surface area contributed by atoms with Crippen LogP contribution in [0.3, 0.4) is 0 Å². The highest BCUT2D eigenvalue weighted by molar-refractivity contribution is 9.10. The van der Waals surface area contributed by atoms with Crippen LogP contribution in [0.1, 0.15) is 39.1 Å². The zero-order valence-corrected chi connectivity index (χ0v) is 25.7. The van der Waals surface area contributed by atoms with E-state index in [1.165, 1.54) is 12.1 Å². The van der Waals surface area contributed by atoms with E-state index in [4.69, 9.17) is 0 Å². The van der Waals surface area contributed by atoms with Crippen LogP contribution in [0.2, 0.25) is 0 Å². The minimum absolute atomic E-state index is 0.00356. The third kappa shape index (κ3) is 7.42. The molecule has 18 heteroatoms. The van der Waals surface area contributed by atoms with E-state index in [0.29, 0.717) is 4.47 Å². The van der Waals surface area contributed by atoms with E-state index in [0.717, 1.165) is 35.9 Å². The van der Waals surface area contributed by atoms with Crippen LogP contribution < -0.4 is 15.0 Å². The molecular formula is C28H17Br2F11N2O3. The van der Waals surface area contributed by atoms with Crippen molar-refractivity contribution in [1.82, 2.24) is 0 Å². The molecular weight excluding hydrogens is 781 g/mol. The van der Waals surface area contributed by atoms with Gasteiger partial charge in [-0.15, -0.1) is 13.2 Å². The summed E-state index contributed by atoms with van der Waals surface area (Å²) in [4.78, 5) is 27.5. The van der Waals surface area contributed by atoms with E-state index in [1.807, 2.05) is 0 Å². The first kappa shape index (κ1) is 35.4. The van der Waals surface area contributed by atoms with E-state index in [1.54, 1.807) is 17.4 Å². The topological polar surface area (TPSA) is 58.6 Å². The monoisotopic (exact) mass is 796 g/mol. The number of benzene rings is 3. The quantitative estimate of drug-likeness (QED) is 0.231. The van der Waals surface area contributed by atoms with Crippen LogP contribution in [0.25, 0.3) is 0 Å². The Balaban J connectivity index is 1.76. The van der Waals surface area contributed by atoms with Crippen LogP contribution in [0.5, 0.6) is 5.75 Å². The van der Waals surface area contributed by atoms with Gasteiger partial charge < -0.3 is 15.0 Å². The normalized spacial score (nSPS) is 14.2. The summed E-state index contributed by atoms with van der Waals surface area (Å²) in [5.74, 6) is -5.39. The van der Waals surface area contributed by atoms with Gasteiger partial charge in [0.05, 0.1) is 16.9 Å². The molecule has 3 aromatic carbocycles. The van der Waals surface area contributed by atoms with Gasteiger partial charge in [-0.1, -0.05) is 22.0 Å². The average molecular weight is 798 g/mol. The van der Waals surface area contributed by atoms with Gasteiger partial charge in [-0.05, 0) is 83.2 Å². The number of hydrogen-bond acceptors (Lipinski definition) is 3. The van der Waals surface area contributed by atoms with E-state index in [-0.39, 0.29) is 24.1 Å². The smallest absolute Gasteiger partial charge is 0.404 e. The number of amides is 2. The number of ether oxygens (including phenoxy) is 1. The molecule has 1 saturated carbocycles. The molecule has 0 bridgehead atoms. The lowest BCUT2D eigenvalue weighted by Crippen LogP contribution is -2.50. The van der Waals surface area contributed by atoms with Gasteiger partial charge in [0.25, 0.3) is 11.8 Å².